The highest BCUT2D eigenvalue weighted by molar-refractivity contribution is 5.83. The minimum atomic E-state index is -0.264. The number of anilines is 2. The van der Waals surface area contributed by atoms with Gasteiger partial charge < -0.3 is 10.3 Å². The quantitative estimate of drug-likeness (QED) is 0.423. The van der Waals surface area contributed by atoms with Gasteiger partial charge in [-0.25, -0.2) is 14.4 Å². The lowest BCUT2D eigenvalue weighted by Gasteiger charge is -2.07. The van der Waals surface area contributed by atoms with E-state index in [4.69, 9.17) is 0 Å². The van der Waals surface area contributed by atoms with Gasteiger partial charge in [-0.1, -0.05) is 0 Å². The van der Waals surface area contributed by atoms with Crippen molar-refractivity contribution in [3.63, 3.8) is 0 Å². The second-order valence-corrected chi connectivity index (χ2v) is 7.67. The highest BCUT2D eigenvalue weighted by atomic mass is 19.1. The topological polar surface area (TPSA) is 102 Å². The van der Waals surface area contributed by atoms with Gasteiger partial charge in [0.25, 0.3) is 0 Å². The van der Waals surface area contributed by atoms with E-state index in [1.165, 1.54) is 12.1 Å². The standard InChI is InChI=1S/C23H18FN9/c1-32-20(5-8-27-32)29-23-25-7-4-18(28-23)14-6-9-33-21(10-14)30-31-22(33)11-15-13-26-19-12-16(24)2-3-17(15)19/h2-10,12-13,26H,11H2,1H3,(H,25,28,29). The number of hydrogen-bond donors (Lipinski definition) is 2. The molecule has 10 heteroatoms. The monoisotopic (exact) mass is 439 g/mol. The Kier molecular flexibility index (Phi) is 4.35. The molecule has 0 atom stereocenters. The van der Waals surface area contributed by atoms with E-state index in [-0.39, 0.29) is 5.82 Å². The van der Waals surface area contributed by atoms with Crippen molar-refractivity contribution in [2.24, 2.45) is 7.05 Å². The van der Waals surface area contributed by atoms with Gasteiger partial charge in [-0.15, -0.1) is 10.2 Å². The van der Waals surface area contributed by atoms with Crippen LogP contribution in [0.5, 0.6) is 0 Å². The van der Waals surface area contributed by atoms with Gasteiger partial charge in [-0.3, -0.25) is 9.08 Å². The zero-order chi connectivity index (χ0) is 22.4. The number of halogens is 1. The molecule has 0 unspecified atom stereocenters. The molecule has 5 heterocycles. The van der Waals surface area contributed by atoms with Gasteiger partial charge in [0, 0.05) is 54.6 Å². The normalized spacial score (nSPS) is 11.5. The Hall–Kier alpha value is -4.60. The number of nitrogens with zero attached hydrogens (tertiary/aromatic N) is 7. The van der Waals surface area contributed by atoms with Crippen molar-refractivity contribution in [2.45, 2.75) is 6.42 Å². The number of nitrogens with one attached hydrogen (secondary N) is 2. The maximum Gasteiger partial charge on any atom is 0.228 e. The van der Waals surface area contributed by atoms with E-state index in [9.17, 15) is 4.39 Å². The molecule has 0 fully saturated rings. The first-order chi connectivity index (χ1) is 16.1. The van der Waals surface area contributed by atoms with Crippen molar-refractivity contribution in [2.75, 3.05) is 5.32 Å². The number of aryl methyl sites for hydroxylation is 1. The first-order valence-electron chi connectivity index (χ1n) is 10.3. The minimum absolute atomic E-state index is 0.264. The molecule has 0 aliphatic rings. The van der Waals surface area contributed by atoms with Gasteiger partial charge in [0.15, 0.2) is 5.65 Å². The van der Waals surface area contributed by atoms with E-state index >= 15 is 0 Å². The molecule has 0 saturated carbocycles. The van der Waals surface area contributed by atoms with E-state index < -0.39 is 0 Å². The maximum atomic E-state index is 13.5. The zero-order valence-electron chi connectivity index (χ0n) is 17.6. The van der Waals surface area contributed by atoms with Crippen LogP contribution in [0, 0.1) is 5.82 Å². The molecule has 0 bridgehead atoms. The van der Waals surface area contributed by atoms with E-state index in [0.29, 0.717) is 18.0 Å². The van der Waals surface area contributed by atoms with Gasteiger partial charge in [0.2, 0.25) is 5.95 Å². The van der Waals surface area contributed by atoms with Crippen LogP contribution in [0.4, 0.5) is 16.2 Å². The van der Waals surface area contributed by atoms with Crippen LogP contribution < -0.4 is 5.32 Å². The Balaban J connectivity index is 1.30. The summed E-state index contributed by atoms with van der Waals surface area (Å²) in [5, 5.41) is 17.0. The molecule has 2 N–H and O–H groups in total. The van der Waals surface area contributed by atoms with Gasteiger partial charge in [0.05, 0.1) is 11.9 Å². The van der Waals surface area contributed by atoms with Crippen molar-refractivity contribution in [1.29, 1.82) is 0 Å². The summed E-state index contributed by atoms with van der Waals surface area (Å²) in [5.41, 5.74) is 4.18. The predicted octanol–water partition coefficient (Wildman–Crippen LogP) is 3.87. The van der Waals surface area contributed by atoms with Crippen LogP contribution in [0.2, 0.25) is 0 Å². The first kappa shape index (κ1) is 19.1. The van der Waals surface area contributed by atoms with Gasteiger partial charge in [-0.2, -0.15) is 5.10 Å². The molecule has 6 rings (SSSR count). The number of H-pyrrole nitrogens is 1. The zero-order valence-corrected chi connectivity index (χ0v) is 17.6. The molecule has 33 heavy (non-hydrogen) atoms. The summed E-state index contributed by atoms with van der Waals surface area (Å²) in [6.07, 6.45) is 7.80. The number of fused-ring (bicyclic) bond motifs is 2. The van der Waals surface area contributed by atoms with Crippen LogP contribution in [0.25, 0.3) is 27.8 Å². The Labute approximate surface area is 187 Å². The van der Waals surface area contributed by atoms with Crippen molar-refractivity contribution >= 4 is 28.3 Å². The third-order valence-electron chi connectivity index (χ3n) is 5.57. The molecule has 0 aliphatic carbocycles. The van der Waals surface area contributed by atoms with Crippen LogP contribution in [-0.2, 0) is 13.5 Å². The number of pyridine rings is 1. The molecule has 162 valence electrons. The van der Waals surface area contributed by atoms with Crippen molar-refractivity contribution in [1.82, 2.24) is 39.3 Å². The summed E-state index contributed by atoms with van der Waals surface area (Å²) >= 11 is 0. The fraction of sp³-hybridized carbons (Fsp3) is 0.0870. The van der Waals surface area contributed by atoms with Crippen molar-refractivity contribution in [3.8, 4) is 11.3 Å². The number of aromatic nitrogens is 8. The van der Waals surface area contributed by atoms with Crippen LogP contribution in [-0.4, -0.2) is 39.3 Å². The Bertz CT molecular complexity index is 1610. The summed E-state index contributed by atoms with van der Waals surface area (Å²) in [4.78, 5) is 12.0. The second kappa shape index (κ2) is 7.52. The molecule has 0 radical (unpaired) electrons. The van der Waals surface area contributed by atoms with E-state index in [1.807, 2.05) is 48.1 Å². The molecule has 0 aliphatic heterocycles. The first-order valence-corrected chi connectivity index (χ1v) is 10.3. The Morgan fingerprint density at radius 3 is 2.88 bits per heavy atom. The van der Waals surface area contributed by atoms with Crippen LogP contribution in [0.15, 0.2) is 67.3 Å². The second-order valence-electron chi connectivity index (χ2n) is 7.67. The lowest BCUT2D eigenvalue weighted by atomic mass is 10.1. The number of aromatic amines is 1. The van der Waals surface area contributed by atoms with Crippen LogP contribution in [0.1, 0.15) is 11.4 Å². The summed E-state index contributed by atoms with van der Waals surface area (Å²) in [7, 11) is 1.84. The minimum Gasteiger partial charge on any atom is -0.361 e. The third-order valence-corrected chi connectivity index (χ3v) is 5.57. The lowest BCUT2D eigenvalue weighted by molar-refractivity contribution is 0.629. The third kappa shape index (κ3) is 3.47. The van der Waals surface area contributed by atoms with E-state index in [1.54, 1.807) is 23.1 Å². The fourth-order valence-corrected chi connectivity index (χ4v) is 3.89. The van der Waals surface area contributed by atoms with Crippen LogP contribution in [0.3, 0.4) is 0 Å². The molecule has 5 aromatic heterocycles. The van der Waals surface area contributed by atoms with Crippen molar-refractivity contribution < 1.29 is 4.39 Å². The number of hydrogen-bond acceptors (Lipinski definition) is 6. The van der Waals surface area contributed by atoms with E-state index in [2.05, 4.69) is 35.6 Å². The van der Waals surface area contributed by atoms with Gasteiger partial charge in [-0.05, 0) is 42.0 Å². The lowest BCUT2D eigenvalue weighted by Crippen LogP contribution is -2.03. The smallest absolute Gasteiger partial charge is 0.228 e. The predicted molar refractivity (Wildman–Crippen MR) is 122 cm³/mol. The molecular formula is C23H18FN9. The largest absolute Gasteiger partial charge is 0.361 e. The fourth-order valence-electron chi connectivity index (χ4n) is 3.89. The van der Waals surface area contributed by atoms with E-state index in [0.717, 1.165) is 39.4 Å². The number of benzene rings is 1. The average Bonchev–Trinajstić information content (AvgIpc) is 3.53. The highest BCUT2D eigenvalue weighted by Crippen LogP contribution is 2.24. The molecule has 9 nitrogen and oxygen atoms in total. The highest BCUT2D eigenvalue weighted by Gasteiger charge is 2.12. The molecule has 0 spiro atoms. The molecule has 6 aromatic rings. The van der Waals surface area contributed by atoms with Gasteiger partial charge in [0.1, 0.15) is 17.5 Å². The molecule has 0 saturated heterocycles. The molecular weight excluding hydrogens is 421 g/mol. The van der Waals surface area contributed by atoms with Gasteiger partial charge >= 0.3 is 0 Å². The van der Waals surface area contributed by atoms with Crippen LogP contribution >= 0.6 is 0 Å². The number of rotatable bonds is 5. The molecule has 0 amide bonds. The Morgan fingerprint density at radius 2 is 2.00 bits per heavy atom. The maximum absolute atomic E-state index is 13.5. The summed E-state index contributed by atoms with van der Waals surface area (Å²) < 4.78 is 17.1. The summed E-state index contributed by atoms with van der Waals surface area (Å²) in [6, 6.07) is 12.4. The summed E-state index contributed by atoms with van der Waals surface area (Å²) in [6.45, 7) is 0. The summed E-state index contributed by atoms with van der Waals surface area (Å²) in [5.74, 6) is 1.81. The molecule has 1 aromatic carbocycles. The van der Waals surface area contributed by atoms with Crippen molar-refractivity contribution in [3.05, 3.63) is 84.5 Å². The average molecular weight is 439 g/mol. The Morgan fingerprint density at radius 1 is 1.06 bits per heavy atom. The SMILES string of the molecule is Cn1nccc1Nc1nccc(-c2ccn3c(Cc4c[nH]c5cc(F)ccc45)nnc3c2)n1.